The Morgan fingerprint density at radius 2 is 1.19 bits per heavy atom. The Balaban J connectivity index is 2.17. The van der Waals surface area contributed by atoms with Crippen molar-refractivity contribution in [2.24, 2.45) is 0 Å². The van der Waals surface area contributed by atoms with Crippen LogP contribution in [0, 0.1) is 0 Å². The van der Waals surface area contributed by atoms with Gasteiger partial charge < -0.3 is 10.6 Å². The van der Waals surface area contributed by atoms with Gasteiger partial charge in [-0.15, -0.1) is 0 Å². The molecule has 27 heavy (non-hydrogen) atoms. The van der Waals surface area contributed by atoms with Gasteiger partial charge in [0, 0.05) is 24.5 Å². The van der Waals surface area contributed by atoms with Crippen LogP contribution in [0.15, 0.2) is 58.3 Å². The average Bonchev–Trinajstić information content (AvgIpc) is 2.67. The predicted molar refractivity (Wildman–Crippen MR) is 114 cm³/mol. The summed E-state index contributed by atoms with van der Waals surface area (Å²) in [6.45, 7) is 6.44. The van der Waals surface area contributed by atoms with Crippen molar-refractivity contribution in [3.63, 3.8) is 0 Å². The molecule has 0 spiro atoms. The summed E-state index contributed by atoms with van der Waals surface area (Å²) < 4.78 is 25.6. The van der Waals surface area contributed by atoms with Crippen LogP contribution in [0.1, 0.15) is 52.4 Å². The lowest BCUT2D eigenvalue weighted by atomic mass is 10.2. The van der Waals surface area contributed by atoms with Crippen LogP contribution in [0.5, 0.6) is 0 Å². The minimum absolute atomic E-state index is 0.271. The second kappa shape index (κ2) is 10.4. The van der Waals surface area contributed by atoms with E-state index in [1.807, 2.05) is 12.1 Å². The molecule has 0 bridgehead atoms. The van der Waals surface area contributed by atoms with Gasteiger partial charge in [-0.25, -0.2) is 8.42 Å². The van der Waals surface area contributed by atoms with Crippen molar-refractivity contribution in [1.29, 1.82) is 0 Å². The number of rotatable bonds is 11. The number of sulfone groups is 1. The highest BCUT2D eigenvalue weighted by Gasteiger charge is 2.18. The Hall–Kier alpha value is -2.01. The first kappa shape index (κ1) is 21.3. The van der Waals surface area contributed by atoms with Crippen LogP contribution in [0.2, 0.25) is 0 Å². The van der Waals surface area contributed by atoms with Crippen molar-refractivity contribution in [3.8, 4) is 0 Å². The largest absolute Gasteiger partial charge is 0.399 e. The van der Waals surface area contributed by atoms with Gasteiger partial charge in [0.05, 0.1) is 9.79 Å². The molecule has 5 heteroatoms. The monoisotopic (exact) mass is 388 g/mol. The Bertz CT molecular complexity index is 774. The topological polar surface area (TPSA) is 63.4 Å². The fraction of sp³-hybridized carbons (Fsp3) is 0.455. The van der Waals surface area contributed by atoms with E-state index in [0.717, 1.165) is 31.6 Å². The van der Waals surface area contributed by atoms with E-state index in [-0.39, 0.29) is 4.90 Å². The molecule has 0 amide bonds. The van der Waals surface area contributed by atoms with E-state index in [0.29, 0.717) is 10.6 Å². The van der Waals surface area contributed by atoms with Crippen LogP contribution in [0.25, 0.3) is 0 Å². The average molecular weight is 389 g/mol. The lowest BCUT2D eigenvalue weighted by Gasteiger charge is -2.25. The van der Waals surface area contributed by atoms with Crippen molar-refractivity contribution in [1.82, 2.24) is 0 Å². The van der Waals surface area contributed by atoms with Crippen LogP contribution in [0.3, 0.4) is 0 Å². The lowest BCUT2D eigenvalue weighted by Crippen LogP contribution is -2.25. The van der Waals surface area contributed by atoms with Gasteiger partial charge in [-0.3, -0.25) is 0 Å². The molecule has 0 saturated carbocycles. The first-order chi connectivity index (χ1) is 13.0. The molecule has 0 aromatic heterocycles. The summed E-state index contributed by atoms with van der Waals surface area (Å²) in [7, 11) is -3.51. The van der Waals surface area contributed by atoms with Crippen LogP contribution in [-0.4, -0.2) is 21.5 Å². The molecule has 0 saturated heterocycles. The minimum atomic E-state index is -3.51. The molecule has 2 aromatic carbocycles. The molecule has 0 aliphatic heterocycles. The molecule has 2 N–H and O–H groups in total. The van der Waals surface area contributed by atoms with E-state index in [9.17, 15) is 8.42 Å². The quantitative estimate of drug-likeness (QED) is 0.420. The van der Waals surface area contributed by atoms with Crippen molar-refractivity contribution < 1.29 is 8.42 Å². The number of nitrogens with zero attached hydrogens (tertiary/aromatic N) is 1. The van der Waals surface area contributed by atoms with E-state index >= 15 is 0 Å². The van der Waals surface area contributed by atoms with E-state index in [1.165, 1.54) is 25.7 Å². The number of hydrogen-bond donors (Lipinski definition) is 1. The summed E-state index contributed by atoms with van der Waals surface area (Å²) in [5.41, 5.74) is 7.31. The number of nitrogen functional groups attached to an aromatic ring is 1. The van der Waals surface area contributed by atoms with Crippen molar-refractivity contribution in [2.45, 2.75) is 62.2 Å². The van der Waals surface area contributed by atoms with Crippen LogP contribution >= 0.6 is 0 Å². The number of benzene rings is 2. The molecule has 0 radical (unpaired) electrons. The molecule has 0 unspecified atom stereocenters. The van der Waals surface area contributed by atoms with E-state index in [2.05, 4.69) is 18.7 Å². The fourth-order valence-corrected chi connectivity index (χ4v) is 4.36. The highest BCUT2D eigenvalue weighted by molar-refractivity contribution is 7.91. The summed E-state index contributed by atoms with van der Waals surface area (Å²) >= 11 is 0. The molecule has 0 heterocycles. The van der Waals surface area contributed by atoms with Gasteiger partial charge in [0.2, 0.25) is 9.84 Å². The smallest absolute Gasteiger partial charge is 0.206 e. The van der Waals surface area contributed by atoms with Crippen LogP contribution in [0.4, 0.5) is 11.4 Å². The Kier molecular flexibility index (Phi) is 8.17. The Morgan fingerprint density at radius 1 is 0.741 bits per heavy atom. The summed E-state index contributed by atoms with van der Waals surface area (Å²) in [5, 5.41) is 0. The lowest BCUT2D eigenvalue weighted by molar-refractivity contribution is 0.596. The first-order valence-electron chi connectivity index (χ1n) is 9.94. The van der Waals surface area contributed by atoms with Crippen molar-refractivity contribution in [2.75, 3.05) is 23.7 Å². The van der Waals surface area contributed by atoms with Gasteiger partial charge in [0.25, 0.3) is 0 Å². The Labute approximate surface area is 164 Å². The number of hydrogen-bond acceptors (Lipinski definition) is 4. The highest BCUT2D eigenvalue weighted by Crippen LogP contribution is 2.25. The molecular weight excluding hydrogens is 356 g/mol. The first-order valence-corrected chi connectivity index (χ1v) is 11.4. The zero-order chi connectivity index (χ0) is 19.7. The van der Waals surface area contributed by atoms with Gasteiger partial charge in [-0.05, 0) is 61.4 Å². The summed E-state index contributed by atoms with van der Waals surface area (Å²) in [5.74, 6) is 0. The summed E-state index contributed by atoms with van der Waals surface area (Å²) in [6.07, 6.45) is 7.15. The number of anilines is 2. The van der Waals surface area contributed by atoms with Gasteiger partial charge in [-0.1, -0.05) is 39.5 Å². The van der Waals surface area contributed by atoms with Crippen molar-refractivity contribution in [3.05, 3.63) is 48.5 Å². The number of unbranched alkanes of at least 4 members (excludes halogenated alkanes) is 4. The minimum Gasteiger partial charge on any atom is -0.399 e. The normalized spacial score (nSPS) is 11.5. The van der Waals surface area contributed by atoms with Crippen LogP contribution in [-0.2, 0) is 9.84 Å². The molecule has 0 aliphatic carbocycles. The Morgan fingerprint density at radius 3 is 1.63 bits per heavy atom. The molecule has 2 rings (SSSR count). The maximum atomic E-state index is 12.8. The third-order valence-electron chi connectivity index (χ3n) is 4.77. The number of nitrogens with two attached hydrogens (primary N) is 1. The maximum Gasteiger partial charge on any atom is 0.206 e. The highest BCUT2D eigenvalue weighted by atomic mass is 32.2. The van der Waals surface area contributed by atoms with Gasteiger partial charge in [-0.2, -0.15) is 0 Å². The standard InChI is InChI=1S/C22H32N2O2S/c1-3-5-7-17-24(18-8-6-4-2)20-11-15-22(16-12-20)27(25,26)21-13-9-19(23)10-14-21/h9-16H,3-8,17-18,23H2,1-2H3. The van der Waals surface area contributed by atoms with E-state index in [4.69, 9.17) is 5.73 Å². The fourth-order valence-electron chi connectivity index (χ4n) is 3.09. The zero-order valence-corrected chi connectivity index (χ0v) is 17.3. The molecule has 0 atom stereocenters. The predicted octanol–water partition coefficient (Wildman–Crippen LogP) is 5.29. The third-order valence-corrected chi connectivity index (χ3v) is 6.55. The molecule has 0 fully saturated rings. The van der Waals surface area contributed by atoms with Gasteiger partial charge >= 0.3 is 0 Å². The van der Waals surface area contributed by atoms with Crippen molar-refractivity contribution >= 4 is 21.2 Å². The van der Waals surface area contributed by atoms with Crippen LogP contribution < -0.4 is 10.6 Å². The summed E-state index contributed by atoms with van der Waals surface area (Å²) in [6, 6.07) is 13.6. The van der Waals surface area contributed by atoms with E-state index in [1.54, 1.807) is 36.4 Å². The van der Waals surface area contributed by atoms with E-state index < -0.39 is 9.84 Å². The van der Waals surface area contributed by atoms with Gasteiger partial charge in [0.1, 0.15) is 0 Å². The molecule has 148 valence electrons. The molecule has 2 aromatic rings. The second-order valence-electron chi connectivity index (χ2n) is 6.97. The molecule has 4 nitrogen and oxygen atoms in total. The molecular formula is C22H32N2O2S. The third kappa shape index (κ3) is 5.99. The maximum absolute atomic E-state index is 12.8. The zero-order valence-electron chi connectivity index (χ0n) is 16.5. The SMILES string of the molecule is CCCCCN(CCCCC)c1ccc(S(=O)(=O)c2ccc(N)cc2)cc1. The molecule has 0 aliphatic rings. The summed E-state index contributed by atoms with van der Waals surface area (Å²) in [4.78, 5) is 2.97. The van der Waals surface area contributed by atoms with Gasteiger partial charge in [0.15, 0.2) is 0 Å². The second-order valence-corrected chi connectivity index (χ2v) is 8.92.